The minimum atomic E-state index is 0.202. The highest BCUT2D eigenvalue weighted by Gasteiger charge is 2.27. The monoisotopic (exact) mass is 246 g/mol. The number of ether oxygens (including phenoxy) is 1. The molecule has 98 valence electrons. The highest BCUT2D eigenvalue weighted by molar-refractivity contribution is 5.37. The van der Waals surface area contributed by atoms with E-state index in [2.05, 4.69) is 29.6 Å². The minimum absolute atomic E-state index is 0.202. The first-order valence-electron chi connectivity index (χ1n) is 7.00. The summed E-state index contributed by atoms with van der Waals surface area (Å²) in [5.41, 5.74) is 8.89. The van der Waals surface area contributed by atoms with Gasteiger partial charge in [-0.3, -0.25) is 0 Å². The normalized spacial score (nSPS) is 30.6. The van der Waals surface area contributed by atoms with Crippen molar-refractivity contribution in [3.8, 4) is 0 Å². The number of fused-ring (bicyclic) bond motifs is 1. The molecule has 1 aliphatic carbocycles. The standard InChI is InChI=1S/C15H22N2O/c16-14-9-15(13-4-2-1-3-12(13)14)17-7-5-11-6-8-18-10-11/h1-4,11,14-15,17H,5-10,16H2. The summed E-state index contributed by atoms with van der Waals surface area (Å²) in [6.45, 7) is 2.96. The van der Waals surface area contributed by atoms with Crippen molar-refractivity contribution in [2.24, 2.45) is 11.7 Å². The van der Waals surface area contributed by atoms with Crippen molar-refractivity contribution in [3.63, 3.8) is 0 Å². The molecule has 0 bridgehead atoms. The molecule has 3 atom stereocenters. The van der Waals surface area contributed by atoms with E-state index in [1.165, 1.54) is 24.0 Å². The zero-order valence-electron chi connectivity index (χ0n) is 10.8. The highest BCUT2D eigenvalue weighted by Crippen LogP contribution is 2.36. The molecule has 0 spiro atoms. The van der Waals surface area contributed by atoms with Crippen molar-refractivity contribution in [2.75, 3.05) is 19.8 Å². The van der Waals surface area contributed by atoms with Gasteiger partial charge in [0.15, 0.2) is 0 Å². The van der Waals surface area contributed by atoms with Crippen molar-refractivity contribution in [3.05, 3.63) is 35.4 Å². The fraction of sp³-hybridized carbons (Fsp3) is 0.600. The number of nitrogens with one attached hydrogen (secondary N) is 1. The van der Waals surface area contributed by atoms with Crippen LogP contribution in [0.25, 0.3) is 0 Å². The average Bonchev–Trinajstić information content (AvgIpc) is 3.00. The first kappa shape index (κ1) is 12.2. The van der Waals surface area contributed by atoms with Crippen molar-refractivity contribution >= 4 is 0 Å². The molecule has 2 aliphatic rings. The van der Waals surface area contributed by atoms with Gasteiger partial charge in [0.25, 0.3) is 0 Å². The van der Waals surface area contributed by atoms with E-state index in [1.54, 1.807) is 0 Å². The van der Waals surface area contributed by atoms with Crippen LogP contribution in [0.4, 0.5) is 0 Å². The number of hydrogen-bond donors (Lipinski definition) is 2. The first-order chi connectivity index (χ1) is 8.84. The van der Waals surface area contributed by atoms with Crippen LogP contribution < -0.4 is 11.1 Å². The van der Waals surface area contributed by atoms with E-state index in [-0.39, 0.29) is 6.04 Å². The summed E-state index contributed by atoms with van der Waals surface area (Å²) >= 11 is 0. The molecule has 3 unspecified atom stereocenters. The predicted molar refractivity (Wildman–Crippen MR) is 72.3 cm³/mol. The van der Waals surface area contributed by atoms with Gasteiger partial charge in [0.1, 0.15) is 0 Å². The van der Waals surface area contributed by atoms with Gasteiger partial charge in [-0.1, -0.05) is 24.3 Å². The van der Waals surface area contributed by atoms with Gasteiger partial charge >= 0.3 is 0 Å². The quantitative estimate of drug-likeness (QED) is 0.855. The molecule has 1 heterocycles. The van der Waals surface area contributed by atoms with E-state index in [4.69, 9.17) is 10.5 Å². The maximum Gasteiger partial charge on any atom is 0.0495 e. The number of benzene rings is 1. The van der Waals surface area contributed by atoms with Crippen LogP contribution in [0.15, 0.2) is 24.3 Å². The van der Waals surface area contributed by atoms with Gasteiger partial charge in [0.05, 0.1) is 0 Å². The Morgan fingerprint density at radius 2 is 2.11 bits per heavy atom. The van der Waals surface area contributed by atoms with Crippen molar-refractivity contribution in [1.82, 2.24) is 5.32 Å². The molecule has 1 aromatic carbocycles. The Bertz CT molecular complexity index is 401. The minimum Gasteiger partial charge on any atom is -0.381 e. The van der Waals surface area contributed by atoms with E-state index in [1.807, 2.05) is 0 Å². The van der Waals surface area contributed by atoms with Crippen LogP contribution in [0.1, 0.15) is 42.5 Å². The fourth-order valence-electron chi connectivity index (χ4n) is 3.14. The molecule has 1 saturated heterocycles. The average molecular weight is 246 g/mol. The summed E-state index contributed by atoms with van der Waals surface area (Å²) in [5, 5.41) is 3.66. The smallest absolute Gasteiger partial charge is 0.0495 e. The molecule has 0 saturated carbocycles. The molecule has 1 aromatic rings. The van der Waals surface area contributed by atoms with Gasteiger partial charge in [-0.05, 0) is 42.9 Å². The Morgan fingerprint density at radius 3 is 2.89 bits per heavy atom. The van der Waals surface area contributed by atoms with Crippen LogP contribution in [0.2, 0.25) is 0 Å². The second kappa shape index (κ2) is 5.39. The Morgan fingerprint density at radius 1 is 1.28 bits per heavy atom. The number of hydrogen-bond acceptors (Lipinski definition) is 3. The van der Waals surface area contributed by atoms with Crippen molar-refractivity contribution in [2.45, 2.75) is 31.3 Å². The van der Waals surface area contributed by atoms with Crippen molar-refractivity contribution < 1.29 is 4.74 Å². The van der Waals surface area contributed by atoms with Gasteiger partial charge in [-0.2, -0.15) is 0 Å². The maximum absolute atomic E-state index is 6.17. The third-order valence-corrected chi connectivity index (χ3v) is 4.23. The zero-order valence-corrected chi connectivity index (χ0v) is 10.8. The Hall–Kier alpha value is -0.900. The predicted octanol–water partition coefficient (Wildman–Crippen LogP) is 2.15. The molecular formula is C15H22N2O. The van der Waals surface area contributed by atoms with Crippen LogP contribution in [-0.2, 0) is 4.74 Å². The van der Waals surface area contributed by atoms with Gasteiger partial charge in [0, 0.05) is 25.3 Å². The first-order valence-corrected chi connectivity index (χ1v) is 7.00. The number of rotatable bonds is 4. The van der Waals surface area contributed by atoms with E-state index in [9.17, 15) is 0 Å². The molecule has 3 rings (SSSR count). The third-order valence-electron chi connectivity index (χ3n) is 4.23. The molecule has 3 N–H and O–H groups in total. The number of nitrogens with two attached hydrogens (primary N) is 1. The third kappa shape index (κ3) is 2.44. The summed E-state index contributed by atoms with van der Waals surface area (Å²) < 4.78 is 5.41. The molecule has 0 radical (unpaired) electrons. The molecule has 3 nitrogen and oxygen atoms in total. The molecule has 18 heavy (non-hydrogen) atoms. The Balaban J connectivity index is 1.54. The highest BCUT2D eigenvalue weighted by atomic mass is 16.5. The van der Waals surface area contributed by atoms with E-state index in [0.717, 1.165) is 32.1 Å². The van der Waals surface area contributed by atoms with Crippen LogP contribution >= 0.6 is 0 Å². The second-order valence-electron chi connectivity index (χ2n) is 5.50. The second-order valence-corrected chi connectivity index (χ2v) is 5.50. The Labute approximate surface area is 109 Å². The van der Waals surface area contributed by atoms with E-state index in [0.29, 0.717) is 6.04 Å². The molecule has 1 aliphatic heterocycles. The topological polar surface area (TPSA) is 47.3 Å². The zero-order chi connectivity index (χ0) is 12.4. The van der Waals surface area contributed by atoms with Crippen LogP contribution in [0, 0.1) is 5.92 Å². The summed E-state index contributed by atoms with van der Waals surface area (Å²) in [6.07, 6.45) is 3.47. The summed E-state index contributed by atoms with van der Waals surface area (Å²) in [7, 11) is 0. The molecule has 0 amide bonds. The molecule has 3 heteroatoms. The molecular weight excluding hydrogens is 224 g/mol. The lowest BCUT2D eigenvalue weighted by Crippen LogP contribution is -2.23. The van der Waals surface area contributed by atoms with Gasteiger partial charge < -0.3 is 15.8 Å². The molecule has 1 fully saturated rings. The van der Waals surface area contributed by atoms with Gasteiger partial charge in [-0.15, -0.1) is 0 Å². The molecule has 0 aromatic heterocycles. The SMILES string of the molecule is NC1CC(NCCC2CCOC2)c2ccccc21. The van der Waals surface area contributed by atoms with E-state index >= 15 is 0 Å². The van der Waals surface area contributed by atoms with Gasteiger partial charge in [0.2, 0.25) is 0 Å². The summed E-state index contributed by atoms with van der Waals surface area (Å²) in [5.74, 6) is 0.753. The lowest BCUT2D eigenvalue weighted by molar-refractivity contribution is 0.184. The lowest BCUT2D eigenvalue weighted by atomic mass is 10.0. The fourth-order valence-corrected chi connectivity index (χ4v) is 3.14. The van der Waals surface area contributed by atoms with Crippen LogP contribution in [-0.4, -0.2) is 19.8 Å². The van der Waals surface area contributed by atoms with Crippen LogP contribution in [0.5, 0.6) is 0 Å². The van der Waals surface area contributed by atoms with Crippen LogP contribution in [0.3, 0.4) is 0 Å². The maximum atomic E-state index is 6.17. The van der Waals surface area contributed by atoms with E-state index < -0.39 is 0 Å². The Kier molecular flexibility index (Phi) is 3.64. The van der Waals surface area contributed by atoms with Crippen molar-refractivity contribution in [1.29, 1.82) is 0 Å². The van der Waals surface area contributed by atoms with Gasteiger partial charge in [-0.25, -0.2) is 0 Å². The lowest BCUT2D eigenvalue weighted by Gasteiger charge is -2.15. The summed E-state index contributed by atoms with van der Waals surface area (Å²) in [4.78, 5) is 0. The summed E-state index contributed by atoms with van der Waals surface area (Å²) in [6, 6.07) is 9.20. The largest absolute Gasteiger partial charge is 0.381 e.